The minimum atomic E-state index is 0.0407. The van der Waals surface area contributed by atoms with Crippen LogP contribution in [0.2, 0.25) is 5.02 Å². The van der Waals surface area contributed by atoms with E-state index in [1.54, 1.807) is 0 Å². The number of rotatable bonds is 4. The Morgan fingerprint density at radius 3 is 2.68 bits per heavy atom. The van der Waals surface area contributed by atoms with Crippen molar-refractivity contribution >= 4 is 28.6 Å². The fourth-order valence-electron chi connectivity index (χ4n) is 3.13. The van der Waals surface area contributed by atoms with E-state index in [9.17, 15) is 0 Å². The average molecular weight is 350 g/mol. The van der Waals surface area contributed by atoms with Crippen molar-refractivity contribution in [1.29, 1.82) is 0 Å². The van der Waals surface area contributed by atoms with Crippen molar-refractivity contribution < 1.29 is 0 Å². The molecule has 3 N–H and O–H groups in total. The summed E-state index contributed by atoms with van der Waals surface area (Å²) in [5.41, 5.74) is 10.6. The van der Waals surface area contributed by atoms with Crippen LogP contribution >= 0.6 is 11.6 Å². The summed E-state index contributed by atoms with van der Waals surface area (Å²) in [6.07, 6.45) is 0.798. The average Bonchev–Trinajstić information content (AvgIpc) is 3.08. The van der Waals surface area contributed by atoms with Gasteiger partial charge in [-0.2, -0.15) is 0 Å². The summed E-state index contributed by atoms with van der Waals surface area (Å²) in [5.74, 6) is 0.479. The Bertz CT molecular complexity index is 1010. The molecule has 0 aliphatic heterocycles. The van der Waals surface area contributed by atoms with Gasteiger partial charge in [0.05, 0.1) is 0 Å². The Balaban J connectivity index is 1.88. The van der Waals surface area contributed by atoms with Crippen LogP contribution in [0.1, 0.15) is 22.6 Å². The lowest BCUT2D eigenvalue weighted by Gasteiger charge is -2.19. The van der Waals surface area contributed by atoms with Crippen LogP contribution in [-0.4, -0.2) is 20.4 Å². The lowest BCUT2D eigenvalue weighted by Crippen LogP contribution is -2.08. The molecule has 2 heterocycles. The molecule has 1 unspecified atom stereocenters. The first-order chi connectivity index (χ1) is 12.2. The molecule has 2 aromatic carbocycles. The van der Waals surface area contributed by atoms with Crippen LogP contribution in [-0.2, 0) is 6.42 Å². The van der Waals surface area contributed by atoms with Crippen LogP contribution in [0, 0.1) is 0 Å². The van der Waals surface area contributed by atoms with Gasteiger partial charge in [-0.1, -0.05) is 59.3 Å². The van der Waals surface area contributed by atoms with Gasteiger partial charge in [0.25, 0.3) is 0 Å². The lowest BCUT2D eigenvalue weighted by molar-refractivity contribution is 0.808. The number of fused-ring (bicyclic) bond motifs is 1. The first kappa shape index (κ1) is 15.6. The number of aromatic amines is 1. The number of anilines is 1. The number of halogens is 1. The molecule has 0 saturated heterocycles. The number of nitrogens with one attached hydrogen (secondary N) is 1. The number of H-pyrrole nitrogens is 1. The molecule has 0 fully saturated rings. The summed E-state index contributed by atoms with van der Waals surface area (Å²) >= 11 is 6.24. The number of nitrogens with zero attached hydrogens (tertiary/aromatic N) is 3. The number of hydrogen-bond acceptors (Lipinski definition) is 4. The SMILES string of the molecule is Nc1cc(C(Cc2ccccc2)c2cccc(Cl)c2)c2nn[nH]c2n1. The summed E-state index contributed by atoms with van der Waals surface area (Å²) in [4.78, 5) is 4.27. The van der Waals surface area contributed by atoms with Gasteiger partial charge in [0.1, 0.15) is 11.3 Å². The quantitative estimate of drug-likeness (QED) is 0.584. The summed E-state index contributed by atoms with van der Waals surface area (Å²) in [6.45, 7) is 0. The van der Waals surface area contributed by atoms with Crippen molar-refractivity contribution in [1.82, 2.24) is 20.4 Å². The molecule has 25 heavy (non-hydrogen) atoms. The van der Waals surface area contributed by atoms with E-state index in [1.807, 2.05) is 42.5 Å². The Kier molecular flexibility index (Phi) is 4.07. The zero-order valence-electron chi connectivity index (χ0n) is 13.4. The number of pyridine rings is 1. The van der Waals surface area contributed by atoms with E-state index < -0.39 is 0 Å². The Morgan fingerprint density at radius 1 is 1.04 bits per heavy atom. The van der Waals surface area contributed by atoms with Crippen LogP contribution < -0.4 is 5.73 Å². The van der Waals surface area contributed by atoms with Gasteiger partial charge in [0, 0.05) is 10.9 Å². The van der Waals surface area contributed by atoms with Crippen LogP contribution in [0.15, 0.2) is 60.7 Å². The van der Waals surface area contributed by atoms with Crippen molar-refractivity contribution in [2.75, 3.05) is 5.73 Å². The minimum Gasteiger partial charge on any atom is -0.384 e. The molecule has 0 saturated carbocycles. The number of aromatic nitrogens is 4. The molecule has 0 aliphatic carbocycles. The van der Waals surface area contributed by atoms with E-state index >= 15 is 0 Å². The van der Waals surface area contributed by atoms with Gasteiger partial charge in [0.15, 0.2) is 5.65 Å². The third-order valence-corrected chi connectivity index (χ3v) is 4.49. The molecule has 6 heteroatoms. The van der Waals surface area contributed by atoms with Crippen molar-refractivity contribution in [3.8, 4) is 0 Å². The van der Waals surface area contributed by atoms with Crippen molar-refractivity contribution in [2.45, 2.75) is 12.3 Å². The van der Waals surface area contributed by atoms with Crippen LogP contribution in [0.5, 0.6) is 0 Å². The van der Waals surface area contributed by atoms with Crippen LogP contribution in [0.4, 0.5) is 5.82 Å². The zero-order chi connectivity index (χ0) is 17.2. The van der Waals surface area contributed by atoms with Crippen LogP contribution in [0.25, 0.3) is 11.2 Å². The highest BCUT2D eigenvalue weighted by atomic mass is 35.5. The smallest absolute Gasteiger partial charge is 0.178 e. The molecule has 0 radical (unpaired) electrons. The maximum absolute atomic E-state index is 6.24. The van der Waals surface area contributed by atoms with Gasteiger partial charge >= 0.3 is 0 Å². The molecular formula is C19H16ClN5. The Morgan fingerprint density at radius 2 is 1.88 bits per heavy atom. The van der Waals surface area contributed by atoms with E-state index in [-0.39, 0.29) is 5.92 Å². The number of nitrogen functional groups attached to an aromatic ring is 1. The third-order valence-electron chi connectivity index (χ3n) is 4.26. The third kappa shape index (κ3) is 3.19. The monoisotopic (exact) mass is 349 g/mol. The van der Waals surface area contributed by atoms with Gasteiger partial charge in [-0.3, -0.25) is 0 Å². The van der Waals surface area contributed by atoms with E-state index in [2.05, 4.69) is 38.6 Å². The number of benzene rings is 2. The second-order valence-corrected chi connectivity index (χ2v) is 6.38. The molecular weight excluding hydrogens is 334 g/mol. The van der Waals surface area contributed by atoms with Gasteiger partial charge < -0.3 is 5.73 Å². The molecule has 124 valence electrons. The Hall–Kier alpha value is -2.92. The fourth-order valence-corrected chi connectivity index (χ4v) is 3.33. The van der Waals surface area contributed by atoms with E-state index in [0.717, 1.165) is 23.1 Å². The lowest BCUT2D eigenvalue weighted by atomic mass is 9.85. The van der Waals surface area contributed by atoms with Crippen molar-refractivity contribution in [2.24, 2.45) is 0 Å². The predicted molar refractivity (Wildman–Crippen MR) is 99.5 cm³/mol. The molecule has 0 spiro atoms. The van der Waals surface area contributed by atoms with Gasteiger partial charge in [-0.15, -0.1) is 5.10 Å². The predicted octanol–water partition coefficient (Wildman–Crippen LogP) is 3.96. The molecule has 5 nitrogen and oxygen atoms in total. The topological polar surface area (TPSA) is 80.5 Å². The fraction of sp³-hybridized carbons (Fsp3) is 0.105. The van der Waals surface area contributed by atoms with Gasteiger partial charge in [-0.25, -0.2) is 10.1 Å². The molecule has 4 rings (SSSR count). The standard InChI is InChI=1S/C19H16ClN5/c20-14-8-4-7-13(10-14)15(9-12-5-2-1-3-6-12)16-11-17(21)22-19-18(16)23-25-24-19/h1-8,10-11,15H,9H2,(H3,21,22,23,24,25). The summed E-state index contributed by atoms with van der Waals surface area (Å²) in [7, 11) is 0. The van der Waals surface area contributed by atoms with Crippen molar-refractivity contribution in [3.05, 3.63) is 82.4 Å². The maximum Gasteiger partial charge on any atom is 0.178 e. The first-order valence-corrected chi connectivity index (χ1v) is 8.35. The van der Waals surface area contributed by atoms with E-state index in [1.165, 1.54) is 5.56 Å². The van der Waals surface area contributed by atoms with Gasteiger partial charge in [-0.05, 0) is 41.3 Å². The molecule has 0 amide bonds. The zero-order valence-corrected chi connectivity index (χ0v) is 14.1. The summed E-state index contributed by atoms with van der Waals surface area (Å²) < 4.78 is 0. The molecule has 0 bridgehead atoms. The normalized spacial score (nSPS) is 12.4. The van der Waals surface area contributed by atoms with E-state index in [4.69, 9.17) is 17.3 Å². The maximum atomic E-state index is 6.24. The first-order valence-electron chi connectivity index (χ1n) is 7.97. The summed E-state index contributed by atoms with van der Waals surface area (Å²) in [5, 5.41) is 11.6. The highest BCUT2D eigenvalue weighted by Crippen LogP contribution is 2.33. The highest BCUT2D eigenvalue weighted by molar-refractivity contribution is 6.30. The molecule has 2 aromatic heterocycles. The molecule has 1 atom stereocenters. The second kappa shape index (κ2) is 6.53. The van der Waals surface area contributed by atoms with E-state index in [0.29, 0.717) is 16.5 Å². The van der Waals surface area contributed by atoms with Crippen LogP contribution in [0.3, 0.4) is 0 Å². The Labute approximate surface area is 149 Å². The van der Waals surface area contributed by atoms with Gasteiger partial charge in [0.2, 0.25) is 0 Å². The summed E-state index contributed by atoms with van der Waals surface area (Å²) in [6, 6.07) is 20.1. The highest BCUT2D eigenvalue weighted by Gasteiger charge is 2.21. The molecule has 0 aliphatic rings. The largest absolute Gasteiger partial charge is 0.384 e. The van der Waals surface area contributed by atoms with Crippen molar-refractivity contribution in [3.63, 3.8) is 0 Å². The minimum absolute atomic E-state index is 0.0407. The number of nitrogens with two attached hydrogens (primary N) is 1. The molecule has 4 aromatic rings. The number of hydrogen-bond donors (Lipinski definition) is 2. The second-order valence-electron chi connectivity index (χ2n) is 5.94.